The van der Waals surface area contributed by atoms with Crippen molar-refractivity contribution in [2.75, 3.05) is 25.9 Å². The number of nitrogens with one attached hydrogen (secondary N) is 1. The summed E-state index contributed by atoms with van der Waals surface area (Å²) in [5.74, 6) is 0.897. The van der Waals surface area contributed by atoms with Crippen LogP contribution in [0.2, 0.25) is 0 Å². The fourth-order valence-corrected chi connectivity index (χ4v) is 4.26. The molecule has 1 aliphatic heterocycles. The molecule has 0 aromatic heterocycles. The van der Waals surface area contributed by atoms with E-state index in [-0.39, 0.29) is 29.7 Å². The Morgan fingerprint density at radius 2 is 2.04 bits per heavy atom. The summed E-state index contributed by atoms with van der Waals surface area (Å²) in [5.41, 5.74) is 1.13. The highest BCUT2D eigenvalue weighted by Gasteiger charge is 2.40. The number of aliphatic imine (C=N–C) groups is 1. The van der Waals surface area contributed by atoms with Crippen LogP contribution >= 0.6 is 39.9 Å². The number of benzene rings is 1. The van der Waals surface area contributed by atoms with E-state index in [0.717, 1.165) is 16.0 Å². The molecule has 1 saturated heterocycles. The standard InChI is InChI=1S/C15H22BrN3O2S.HI/c1-15(2)11-19(8-9-22(15,20)21)14(17-3)18-10-12-6-4-5-7-13(12)16;/h4-7H,8-11H2,1-3H3,(H,17,18);1H. The van der Waals surface area contributed by atoms with Gasteiger partial charge in [0.15, 0.2) is 15.8 Å². The van der Waals surface area contributed by atoms with Gasteiger partial charge in [0, 0.05) is 31.2 Å². The molecule has 2 rings (SSSR count). The van der Waals surface area contributed by atoms with Gasteiger partial charge in [-0.3, -0.25) is 4.99 Å². The van der Waals surface area contributed by atoms with Gasteiger partial charge in [-0.1, -0.05) is 34.1 Å². The third-order valence-electron chi connectivity index (χ3n) is 3.95. The number of sulfone groups is 1. The van der Waals surface area contributed by atoms with Gasteiger partial charge in [0.25, 0.3) is 0 Å². The number of nitrogens with zero attached hydrogens (tertiary/aromatic N) is 2. The van der Waals surface area contributed by atoms with Crippen molar-refractivity contribution in [3.63, 3.8) is 0 Å². The lowest BCUT2D eigenvalue weighted by Crippen LogP contribution is -2.57. The van der Waals surface area contributed by atoms with Gasteiger partial charge in [0.05, 0.1) is 10.5 Å². The van der Waals surface area contributed by atoms with Crippen LogP contribution in [0.1, 0.15) is 19.4 Å². The maximum atomic E-state index is 12.1. The minimum absolute atomic E-state index is 0. The van der Waals surface area contributed by atoms with Gasteiger partial charge < -0.3 is 10.2 Å². The van der Waals surface area contributed by atoms with Gasteiger partial charge in [0.2, 0.25) is 0 Å². The van der Waals surface area contributed by atoms with Gasteiger partial charge in [-0.15, -0.1) is 24.0 Å². The first kappa shape index (κ1) is 20.7. The van der Waals surface area contributed by atoms with Crippen molar-refractivity contribution >= 4 is 55.7 Å². The van der Waals surface area contributed by atoms with Crippen LogP contribution in [0.4, 0.5) is 0 Å². The predicted octanol–water partition coefficient (Wildman–Crippen LogP) is 2.65. The Hall–Kier alpha value is -0.350. The first-order valence-corrected chi connectivity index (χ1v) is 9.63. The van der Waals surface area contributed by atoms with E-state index in [4.69, 9.17) is 0 Å². The van der Waals surface area contributed by atoms with Gasteiger partial charge >= 0.3 is 0 Å². The zero-order valence-electron chi connectivity index (χ0n) is 13.5. The largest absolute Gasteiger partial charge is 0.352 e. The number of hydrogen-bond donors (Lipinski definition) is 1. The smallest absolute Gasteiger partial charge is 0.193 e. The monoisotopic (exact) mass is 515 g/mol. The minimum Gasteiger partial charge on any atom is -0.352 e. The Bertz CT molecular complexity index is 677. The van der Waals surface area contributed by atoms with Crippen LogP contribution in [0.15, 0.2) is 33.7 Å². The predicted molar refractivity (Wildman–Crippen MR) is 109 cm³/mol. The Balaban J connectivity index is 0.00000264. The molecule has 0 spiro atoms. The van der Waals surface area contributed by atoms with Crippen molar-refractivity contribution < 1.29 is 8.42 Å². The summed E-state index contributed by atoms with van der Waals surface area (Å²) in [4.78, 5) is 6.30. The van der Waals surface area contributed by atoms with Crippen molar-refractivity contribution in [3.8, 4) is 0 Å². The average molecular weight is 516 g/mol. The Morgan fingerprint density at radius 3 is 2.61 bits per heavy atom. The molecule has 1 aliphatic rings. The molecular weight excluding hydrogens is 493 g/mol. The van der Waals surface area contributed by atoms with E-state index in [9.17, 15) is 8.42 Å². The van der Waals surface area contributed by atoms with E-state index in [1.807, 2.05) is 29.2 Å². The molecule has 5 nitrogen and oxygen atoms in total. The summed E-state index contributed by atoms with van der Waals surface area (Å²) in [5, 5.41) is 3.31. The Labute approximate surface area is 164 Å². The molecule has 8 heteroatoms. The van der Waals surface area contributed by atoms with Crippen LogP contribution in [0.25, 0.3) is 0 Å². The van der Waals surface area contributed by atoms with Crippen LogP contribution in [-0.2, 0) is 16.4 Å². The van der Waals surface area contributed by atoms with Crippen molar-refractivity contribution in [3.05, 3.63) is 34.3 Å². The molecule has 0 amide bonds. The second kappa shape index (κ2) is 8.15. The molecule has 0 saturated carbocycles. The number of halogens is 2. The van der Waals surface area contributed by atoms with Gasteiger partial charge in [-0.2, -0.15) is 0 Å². The minimum atomic E-state index is -3.04. The summed E-state index contributed by atoms with van der Waals surface area (Å²) in [6, 6.07) is 7.99. The van der Waals surface area contributed by atoms with Gasteiger partial charge in [0.1, 0.15) is 0 Å². The molecule has 23 heavy (non-hydrogen) atoms. The fraction of sp³-hybridized carbons (Fsp3) is 0.533. The van der Waals surface area contributed by atoms with Crippen LogP contribution in [0.5, 0.6) is 0 Å². The maximum Gasteiger partial charge on any atom is 0.193 e. The zero-order valence-corrected chi connectivity index (χ0v) is 18.3. The molecule has 1 heterocycles. The normalized spacial score (nSPS) is 19.8. The first-order valence-electron chi connectivity index (χ1n) is 7.18. The van der Waals surface area contributed by atoms with Crippen LogP contribution in [-0.4, -0.2) is 49.9 Å². The van der Waals surface area contributed by atoms with Crippen molar-refractivity contribution in [1.82, 2.24) is 10.2 Å². The van der Waals surface area contributed by atoms with Crippen molar-refractivity contribution in [1.29, 1.82) is 0 Å². The molecule has 1 aromatic rings. The average Bonchev–Trinajstić information content (AvgIpc) is 2.45. The number of hydrogen-bond acceptors (Lipinski definition) is 3. The lowest BCUT2D eigenvalue weighted by Gasteiger charge is -2.39. The molecule has 130 valence electrons. The molecule has 0 radical (unpaired) electrons. The van der Waals surface area contributed by atoms with Crippen LogP contribution in [0, 0.1) is 0 Å². The number of guanidine groups is 1. The lowest BCUT2D eigenvalue weighted by molar-refractivity contribution is 0.353. The highest BCUT2D eigenvalue weighted by molar-refractivity contribution is 14.0. The third kappa shape index (κ3) is 4.82. The highest BCUT2D eigenvalue weighted by Crippen LogP contribution is 2.24. The summed E-state index contributed by atoms with van der Waals surface area (Å²) < 4.78 is 24.5. The van der Waals surface area contributed by atoms with Gasteiger partial charge in [-0.25, -0.2) is 8.42 Å². The molecule has 0 aliphatic carbocycles. The molecule has 1 aromatic carbocycles. The van der Waals surface area contributed by atoms with Crippen LogP contribution in [0.3, 0.4) is 0 Å². The SMILES string of the molecule is CN=C(NCc1ccccc1Br)N1CCS(=O)(=O)C(C)(C)C1.I. The maximum absolute atomic E-state index is 12.1. The molecule has 0 unspecified atom stereocenters. The van der Waals surface area contributed by atoms with E-state index in [0.29, 0.717) is 19.6 Å². The van der Waals surface area contributed by atoms with Crippen molar-refractivity contribution in [2.24, 2.45) is 4.99 Å². The molecule has 0 atom stereocenters. The van der Waals surface area contributed by atoms with Crippen LogP contribution < -0.4 is 5.32 Å². The second-order valence-corrected chi connectivity index (χ2v) is 9.59. The summed E-state index contributed by atoms with van der Waals surface area (Å²) in [7, 11) is -1.32. The lowest BCUT2D eigenvalue weighted by atomic mass is 10.2. The molecule has 0 bridgehead atoms. The number of rotatable bonds is 2. The van der Waals surface area contributed by atoms with E-state index < -0.39 is 14.6 Å². The third-order valence-corrected chi connectivity index (χ3v) is 7.26. The Morgan fingerprint density at radius 1 is 1.39 bits per heavy atom. The summed E-state index contributed by atoms with van der Waals surface area (Å²) in [6.45, 7) is 5.11. The zero-order chi connectivity index (χ0) is 16.4. The Kier molecular flexibility index (Phi) is 7.34. The van der Waals surface area contributed by atoms with E-state index in [1.54, 1.807) is 20.9 Å². The van der Waals surface area contributed by atoms with E-state index >= 15 is 0 Å². The second-order valence-electron chi connectivity index (χ2n) is 5.99. The first-order chi connectivity index (χ1) is 10.3. The van der Waals surface area contributed by atoms with E-state index in [2.05, 4.69) is 26.2 Å². The van der Waals surface area contributed by atoms with Gasteiger partial charge in [-0.05, 0) is 25.5 Å². The highest BCUT2D eigenvalue weighted by atomic mass is 127. The fourth-order valence-electron chi connectivity index (χ4n) is 2.47. The van der Waals surface area contributed by atoms with E-state index in [1.165, 1.54) is 0 Å². The quantitative estimate of drug-likeness (QED) is 0.373. The molecular formula is C15H23BrIN3O2S. The summed E-state index contributed by atoms with van der Waals surface area (Å²) in [6.07, 6.45) is 0. The summed E-state index contributed by atoms with van der Waals surface area (Å²) >= 11 is 3.52. The topological polar surface area (TPSA) is 61.8 Å². The molecule has 1 N–H and O–H groups in total. The van der Waals surface area contributed by atoms with Crippen molar-refractivity contribution in [2.45, 2.75) is 25.1 Å². The molecule has 1 fully saturated rings.